The van der Waals surface area contributed by atoms with Crippen LogP contribution in [0, 0.1) is 20.8 Å². The van der Waals surface area contributed by atoms with Crippen molar-refractivity contribution in [2.24, 2.45) is 0 Å². The molecule has 0 unspecified atom stereocenters. The molecule has 0 saturated carbocycles. The Hall–Kier alpha value is -1.94. The van der Waals surface area contributed by atoms with Gasteiger partial charge in [0.05, 0.1) is 18.0 Å². The van der Waals surface area contributed by atoms with E-state index in [0.29, 0.717) is 11.3 Å². The molecule has 0 aliphatic rings. The number of hydrogen-bond donors (Lipinski definition) is 1. The average Bonchev–Trinajstić information content (AvgIpc) is 2.35. The zero-order chi connectivity index (χ0) is 13.3. The van der Waals surface area contributed by atoms with Gasteiger partial charge in [-0.25, -0.2) is 0 Å². The summed E-state index contributed by atoms with van der Waals surface area (Å²) in [6.45, 7) is 5.54. The van der Waals surface area contributed by atoms with Crippen LogP contribution in [0.1, 0.15) is 22.4 Å². The van der Waals surface area contributed by atoms with Gasteiger partial charge in [-0.05, 0) is 38.0 Å². The van der Waals surface area contributed by atoms with Gasteiger partial charge in [0.1, 0.15) is 0 Å². The molecular weight excluding hydrogens is 228 g/mol. The van der Waals surface area contributed by atoms with Crippen molar-refractivity contribution in [1.82, 2.24) is 9.78 Å². The first kappa shape index (κ1) is 12.5. The van der Waals surface area contributed by atoms with Crippen LogP contribution in [0.2, 0.25) is 0 Å². The highest BCUT2D eigenvalue weighted by molar-refractivity contribution is 5.42. The summed E-state index contributed by atoms with van der Waals surface area (Å²) in [5, 5.41) is 13.4. The topological polar surface area (TPSA) is 55.1 Å². The molecule has 0 aliphatic heterocycles. The summed E-state index contributed by atoms with van der Waals surface area (Å²) in [5.41, 5.74) is 3.87. The van der Waals surface area contributed by atoms with E-state index in [0.717, 1.165) is 16.8 Å². The Morgan fingerprint density at radius 3 is 2.61 bits per heavy atom. The number of hydrogen-bond acceptors (Lipinski definition) is 3. The molecule has 0 bridgehead atoms. The van der Waals surface area contributed by atoms with Crippen LogP contribution >= 0.6 is 0 Å². The lowest BCUT2D eigenvalue weighted by atomic mass is 10.1. The van der Waals surface area contributed by atoms with Crippen molar-refractivity contribution in [1.29, 1.82) is 0 Å². The minimum Gasteiger partial charge on any atom is -0.392 e. The molecule has 0 aliphatic carbocycles. The molecule has 0 fully saturated rings. The minimum absolute atomic E-state index is 0.165. The van der Waals surface area contributed by atoms with Crippen molar-refractivity contribution < 1.29 is 5.11 Å². The van der Waals surface area contributed by atoms with Gasteiger partial charge < -0.3 is 5.11 Å². The molecule has 0 saturated heterocycles. The third kappa shape index (κ3) is 2.19. The number of aromatic nitrogens is 2. The van der Waals surface area contributed by atoms with Crippen LogP contribution in [-0.2, 0) is 6.61 Å². The molecule has 18 heavy (non-hydrogen) atoms. The third-order valence-corrected chi connectivity index (χ3v) is 2.98. The Morgan fingerprint density at radius 1 is 1.22 bits per heavy atom. The molecule has 1 aromatic carbocycles. The molecule has 1 aromatic heterocycles. The second-order valence-corrected chi connectivity index (χ2v) is 4.45. The Bertz CT molecular complexity index is 645. The molecular formula is C14H16N2O2. The maximum Gasteiger partial charge on any atom is 0.271 e. The normalized spacial score (nSPS) is 10.7. The lowest BCUT2D eigenvalue weighted by Crippen LogP contribution is -2.23. The predicted molar refractivity (Wildman–Crippen MR) is 70.0 cm³/mol. The van der Waals surface area contributed by atoms with Crippen molar-refractivity contribution in [3.8, 4) is 5.69 Å². The van der Waals surface area contributed by atoms with Gasteiger partial charge in [0.15, 0.2) is 0 Å². The second kappa shape index (κ2) is 4.74. The van der Waals surface area contributed by atoms with E-state index >= 15 is 0 Å². The first-order chi connectivity index (χ1) is 8.52. The summed E-state index contributed by atoms with van der Waals surface area (Å²) in [7, 11) is 0. The maximum atomic E-state index is 12.0. The molecule has 4 heteroatoms. The van der Waals surface area contributed by atoms with E-state index in [1.807, 2.05) is 32.0 Å². The van der Waals surface area contributed by atoms with Crippen LogP contribution in [0.3, 0.4) is 0 Å². The van der Waals surface area contributed by atoms with Crippen LogP contribution in [0.15, 0.2) is 29.1 Å². The summed E-state index contributed by atoms with van der Waals surface area (Å²) >= 11 is 0. The molecule has 0 spiro atoms. The smallest absolute Gasteiger partial charge is 0.271 e. The van der Waals surface area contributed by atoms with Crippen molar-refractivity contribution >= 4 is 0 Å². The first-order valence-corrected chi connectivity index (χ1v) is 5.81. The van der Waals surface area contributed by atoms with E-state index in [2.05, 4.69) is 5.10 Å². The molecule has 4 nitrogen and oxygen atoms in total. The summed E-state index contributed by atoms with van der Waals surface area (Å²) in [6.07, 6.45) is 0. The highest BCUT2D eigenvalue weighted by Crippen LogP contribution is 2.14. The predicted octanol–water partition coefficient (Wildman–Crippen LogP) is 1.65. The maximum absolute atomic E-state index is 12.0. The molecule has 0 atom stereocenters. The van der Waals surface area contributed by atoms with E-state index in [9.17, 15) is 4.79 Å². The van der Waals surface area contributed by atoms with Crippen molar-refractivity contribution in [3.63, 3.8) is 0 Å². The zero-order valence-electron chi connectivity index (χ0n) is 10.8. The summed E-state index contributed by atoms with van der Waals surface area (Å²) in [6, 6.07) is 7.33. The third-order valence-electron chi connectivity index (χ3n) is 2.98. The van der Waals surface area contributed by atoms with E-state index in [4.69, 9.17) is 5.11 Å². The fourth-order valence-corrected chi connectivity index (χ4v) is 1.86. The van der Waals surface area contributed by atoms with Gasteiger partial charge in [-0.15, -0.1) is 0 Å². The molecule has 0 amide bonds. The fourth-order valence-electron chi connectivity index (χ4n) is 1.86. The molecule has 2 rings (SSSR count). The Morgan fingerprint density at radius 2 is 1.94 bits per heavy atom. The Labute approximate surface area is 106 Å². The summed E-state index contributed by atoms with van der Waals surface area (Å²) in [4.78, 5) is 12.0. The van der Waals surface area contributed by atoms with E-state index in [1.54, 1.807) is 6.92 Å². The highest BCUT2D eigenvalue weighted by atomic mass is 16.3. The number of aryl methyl sites for hydroxylation is 3. The average molecular weight is 244 g/mol. The SMILES string of the molecule is Cc1ccc(C)c(-n2nc(C)c(CO)cc2=O)c1. The van der Waals surface area contributed by atoms with Gasteiger partial charge in [-0.1, -0.05) is 12.1 Å². The van der Waals surface area contributed by atoms with Gasteiger partial charge >= 0.3 is 0 Å². The van der Waals surface area contributed by atoms with Gasteiger partial charge in [-0.2, -0.15) is 9.78 Å². The molecule has 1 N–H and O–H groups in total. The fraction of sp³-hybridized carbons (Fsp3) is 0.286. The zero-order valence-corrected chi connectivity index (χ0v) is 10.8. The summed E-state index contributed by atoms with van der Waals surface area (Å²) < 4.78 is 1.39. The standard InChI is InChI=1S/C14H16N2O2/c1-9-4-5-10(2)13(6-9)16-14(18)7-12(8-17)11(3)15-16/h4-7,17H,8H2,1-3H3. The Kier molecular flexibility index (Phi) is 3.30. The number of aliphatic hydroxyl groups is 1. The van der Waals surface area contributed by atoms with Crippen LogP contribution in [0.4, 0.5) is 0 Å². The van der Waals surface area contributed by atoms with Gasteiger partial charge in [0.2, 0.25) is 0 Å². The summed E-state index contributed by atoms with van der Waals surface area (Å²) in [5.74, 6) is 0. The second-order valence-electron chi connectivity index (χ2n) is 4.45. The van der Waals surface area contributed by atoms with Gasteiger partial charge in [-0.3, -0.25) is 4.79 Å². The Balaban J connectivity index is 2.68. The van der Waals surface area contributed by atoms with E-state index in [-0.39, 0.29) is 12.2 Å². The lowest BCUT2D eigenvalue weighted by molar-refractivity contribution is 0.279. The monoisotopic (exact) mass is 244 g/mol. The lowest BCUT2D eigenvalue weighted by Gasteiger charge is -2.11. The van der Waals surface area contributed by atoms with E-state index < -0.39 is 0 Å². The van der Waals surface area contributed by atoms with Crippen LogP contribution < -0.4 is 5.56 Å². The number of rotatable bonds is 2. The largest absolute Gasteiger partial charge is 0.392 e. The number of aliphatic hydroxyl groups excluding tert-OH is 1. The van der Waals surface area contributed by atoms with Crippen LogP contribution in [0.5, 0.6) is 0 Å². The number of nitrogens with zero attached hydrogens (tertiary/aromatic N) is 2. The van der Waals surface area contributed by atoms with Crippen LogP contribution in [-0.4, -0.2) is 14.9 Å². The highest BCUT2D eigenvalue weighted by Gasteiger charge is 2.08. The van der Waals surface area contributed by atoms with Crippen molar-refractivity contribution in [2.75, 3.05) is 0 Å². The minimum atomic E-state index is -0.224. The first-order valence-electron chi connectivity index (χ1n) is 5.81. The number of benzene rings is 1. The van der Waals surface area contributed by atoms with Crippen molar-refractivity contribution in [2.45, 2.75) is 27.4 Å². The van der Waals surface area contributed by atoms with Crippen molar-refractivity contribution in [3.05, 3.63) is 57.0 Å². The molecule has 2 aromatic rings. The van der Waals surface area contributed by atoms with Crippen LogP contribution in [0.25, 0.3) is 5.69 Å². The van der Waals surface area contributed by atoms with Gasteiger partial charge in [0.25, 0.3) is 5.56 Å². The van der Waals surface area contributed by atoms with Gasteiger partial charge in [0, 0.05) is 11.6 Å². The quantitative estimate of drug-likeness (QED) is 0.874. The van der Waals surface area contributed by atoms with E-state index in [1.165, 1.54) is 10.7 Å². The molecule has 94 valence electrons. The molecule has 0 radical (unpaired) electrons. The molecule has 1 heterocycles.